The van der Waals surface area contributed by atoms with E-state index in [1.165, 1.54) is 7.11 Å². The minimum absolute atomic E-state index is 0.282. The summed E-state index contributed by atoms with van der Waals surface area (Å²) in [6.45, 7) is 0.142. The number of hydrogen-bond donors (Lipinski definition) is 2. The summed E-state index contributed by atoms with van der Waals surface area (Å²) in [6, 6.07) is 23.8. The Morgan fingerprint density at radius 3 is 2.13 bits per heavy atom. The molecule has 0 fully saturated rings. The van der Waals surface area contributed by atoms with Crippen LogP contribution in [-0.2, 0) is 11.2 Å². The number of para-hydroxylation sites is 3. The molecule has 160 valence electrons. The Labute approximate surface area is 180 Å². The van der Waals surface area contributed by atoms with Gasteiger partial charge in [0, 0.05) is 6.42 Å². The van der Waals surface area contributed by atoms with E-state index in [-0.39, 0.29) is 6.61 Å². The number of hydrogen-bond acceptors (Lipinski definition) is 5. The number of methoxy groups -OCH3 is 1. The Hall–Kier alpha value is -4.00. The van der Waals surface area contributed by atoms with Crippen molar-refractivity contribution >= 4 is 11.8 Å². The Morgan fingerprint density at radius 1 is 0.742 bits per heavy atom. The summed E-state index contributed by atoms with van der Waals surface area (Å²) < 4.78 is 16.4. The smallest absolute Gasteiger partial charge is 0.276 e. The monoisotopic (exact) mass is 420 g/mol. The van der Waals surface area contributed by atoms with Gasteiger partial charge in [0.1, 0.15) is 5.75 Å². The molecule has 7 nitrogen and oxygen atoms in total. The number of carbonyl (C=O) groups excluding carboxylic acids is 2. The lowest BCUT2D eigenvalue weighted by atomic mass is 10.1. The van der Waals surface area contributed by atoms with Gasteiger partial charge in [-0.3, -0.25) is 20.4 Å². The Bertz CT molecular complexity index is 1010. The van der Waals surface area contributed by atoms with Gasteiger partial charge in [0.15, 0.2) is 18.1 Å². The van der Waals surface area contributed by atoms with Gasteiger partial charge in [-0.2, -0.15) is 0 Å². The number of amides is 2. The molecule has 31 heavy (non-hydrogen) atoms. The first kappa shape index (κ1) is 21.7. The van der Waals surface area contributed by atoms with Crippen molar-refractivity contribution < 1.29 is 23.8 Å². The molecule has 3 aromatic rings. The highest BCUT2D eigenvalue weighted by Crippen LogP contribution is 2.25. The first-order chi connectivity index (χ1) is 15.2. The fourth-order valence-corrected chi connectivity index (χ4v) is 2.81. The van der Waals surface area contributed by atoms with Gasteiger partial charge >= 0.3 is 0 Å². The van der Waals surface area contributed by atoms with Gasteiger partial charge in [0.2, 0.25) is 0 Å². The molecule has 0 bridgehead atoms. The van der Waals surface area contributed by atoms with E-state index in [4.69, 9.17) is 14.2 Å². The number of hydrazine groups is 1. The Balaban J connectivity index is 1.49. The highest BCUT2D eigenvalue weighted by Gasteiger charge is 2.14. The van der Waals surface area contributed by atoms with Crippen LogP contribution in [-0.4, -0.2) is 32.1 Å². The van der Waals surface area contributed by atoms with E-state index in [1.54, 1.807) is 48.5 Å². The van der Waals surface area contributed by atoms with Crippen LogP contribution in [0.15, 0.2) is 78.9 Å². The molecule has 0 radical (unpaired) electrons. The number of ether oxygens (including phenoxy) is 3. The van der Waals surface area contributed by atoms with Crippen molar-refractivity contribution in [1.82, 2.24) is 10.9 Å². The maximum atomic E-state index is 12.5. The molecule has 0 aliphatic carbocycles. The van der Waals surface area contributed by atoms with Gasteiger partial charge < -0.3 is 14.2 Å². The lowest BCUT2D eigenvalue weighted by Gasteiger charge is -2.13. The van der Waals surface area contributed by atoms with Crippen LogP contribution in [0.2, 0.25) is 0 Å². The summed E-state index contributed by atoms with van der Waals surface area (Å²) in [4.78, 5) is 24.6. The van der Waals surface area contributed by atoms with Crippen LogP contribution < -0.4 is 25.1 Å². The number of rotatable bonds is 9. The largest absolute Gasteiger partial charge is 0.493 e. The number of carbonyl (C=O) groups is 2. The summed E-state index contributed by atoms with van der Waals surface area (Å²) >= 11 is 0. The maximum Gasteiger partial charge on any atom is 0.276 e. The summed E-state index contributed by atoms with van der Waals surface area (Å²) in [5.74, 6) is 0.391. The van der Waals surface area contributed by atoms with E-state index < -0.39 is 11.8 Å². The standard InChI is InChI=1S/C24H24N2O5/c1-29-21-13-7-8-14-22(21)31-17-23(27)25-26-24(28)19-11-5-6-12-20(19)30-16-15-18-9-3-2-4-10-18/h2-14H,15-17H2,1H3,(H,25,27)(H,26,28). The van der Waals surface area contributed by atoms with Crippen molar-refractivity contribution in [1.29, 1.82) is 0 Å². The van der Waals surface area contributed by atoms with E-state index in [1.807, 2.05) is 30.3 Å². The molecule has 3 rings (SSSR count). The van der Waals surface area contributed by atoms with Crippen LogP contribution in [0.4, 0.5) is 0 Å². The molecule has 0 saturated heterocycles. The zero-order chi connectivity index (χ0) is 21.9. The van der Waals surface area contributed by atoms with Gasteiger partial charge in [0.25, 0.3) is 11.8 Å². The average Bonchev–Trinajstić information content (AvgIpc) is 2.82. The van der Waals surface area contributed by atoms with Gasteiger partial charge in [-0.25, -0.2) is 0 Å². The topological polar surface area (TPSA) is 85.9 Å². The van der Waals surface area contributed by atoms with Crippen LogP contribution in [0.5, 0.6) is 17.2 Å². The second-order valence-electron chi connectivity index (χ2n) is 6.52. The van der Waals surface area contributed by atoms with Crippen LogP contribution >= 0.6 is 0 Å². The lowest BCUT2D eigenvalue weighted by Crippen LogP contribution is -2.44. The fourth-order valence-electron chi connectivity index (χ4n) is 2.81. The van der Waals surface area contributed by atoms with Crippen LogP contribution in [0, 0.1) is 0 Å². The third-order valence-electron chi connectivity index (χ3n) is 4.37. The molecular formula is C24H24N2O5. The SMILES string of the molecule is COc1ccccc1OCC(=O)NNC(=O)c1ccccc1OCCc1ccccc1. The van der Waals surface area contributed by atoms with Crippen molar-refractivity contribution in [3.63, 3.8) is 0 Å². The molecule has 0 heterocycles. The maximum absolute atomic E-state index is 12.5. The second kappa shape index (κ2) is 11.3. The average molecular weight is 420 g/mol. The normalized spacial score (nSPS) is 10.1. The van der Waals surface area contributed by atoms with Crippen LogP contribution in [0.25, 0.3) is 0 Å². The van der Waals surface area contributed by atoms with E-state index >= 15 is 0 Å². The number of benzene rings is 3. The van der Waals surface area contributed by atoms with Crippen molar-refractivity contribution in [3.05, 3.63) is 90.0 Å². The molecule has 0 aliphatic heterocycles. The van der Waals surface area contributed by atoms with Crippen LogP contribution in [0.3, 0.4) is 0 Å². The highest BCUT2D eigenvalue weighted by molar-refractivity contribution is 5.97. The third-order valence-corrected chi connectivity index (χ3v) is 4.37. The van der Waals surface area contributed by atoms with E-state index in [2.05, 4.69) is 10.9 Å². The zero-order valence-electron chi connectivity index (χ0n) is 17.2. The molecule has 0 saturated carbocycles. The predicted octanol–water partition coefficient (Wildman–Crippen LogP) is 3.16. The fraction of sp³-hybridized carbons (Fsp3) is 0.167. The van der Waals surface area contributed by atoms with Crippen molar-refractivity contribution in [2.45, 2.75) is 6.42 Å². The molecule has 3 aromatic carbocycles. The minimum atomic E-state index is -0.512. The Morgan fingerprint density at radius 2 is 1.39 bits per heavy atom. The van der Waals surface area contributed by atoms with Crippen molar-refractivity contribution in [2.24, 2.45) is 0 Å². The molecule has 7 heteroatoms. The molecule has 2 amide bonds. The minimum Gasteiger partial charge on any atom is -0.493 e. The zero-order valence-corrected chi connectivity index (χ0v) is 17.2. The van der Waals surface area contributed by atoms with Gasteiger partial charge in [-0.05, 0) is 29.8 Å². The van der Waals surface area contributed by atoms with Crippen molar-refractivity contribution in [3.8, 4) is 17.2 Å². The van der Waals surface area contributed by atoms with Gasteiger partial charge in [-0.1, -0.05) is 54.6 Å². The van der Waals surface area contributed by atoms with Crippen molar-refractivity contribution in [2.75, 3.05) is 20.3 Å². The molecule has 0 aromatic heterocycles. The highest BCUT2D eigenvalue weighted by atomic mass is 16.5. The molecule has 0 atom stereocenters. The van der Waals surface area contributed by atoms with E-state index in [9.17, 15) is 9.59 Å². The first-order valence-electron chi connectivity index (χ1n) is 9.78. The van der Waals surface area contributed by atoms with E-state index in [0.717, 1.165) is 5.56 Å². The van der Waals surface area contributed by atoms with Gasteiger partial charge in [0.05, 0.1) is 19.3 Å². The molecule has 0 spiro atoms. The third kappa shape index (κ3) is 6.50. The molecular weight excluding hydrogens is 396 g/mol. The summed E-state index contributed by atoms with van der Waals surface area (Å²) in [6.07, 6.45) is 0.716. The number of nitrogens with one attached hydrogen (secondary N) is 2. The Kier molecular flexibility index (Phi) is 7.88. The second-order valence-corrected chi connectivity index (χ2v) is 6.52. The lowest BCUT2D eigenvalue weighted by molar-refractivity contribution is -0.123. The summed E-state index contributed by atoms with van der Waals surface area (Å²) in [5, 5.41) is 0. The first-order valence-corrected chi connectivity index (χ1v) is 9.78. The summed E-state index contributed by atoms with van der Waals surface area (Å²) in [7, 11) is 1.52. The molecule has 0 aliphatic rings. The molecule has 2 N–H and O–H groups in total. The molecule has 0 unspecified atom stereocenters. The van der Waals surface area contributed by atoms with E-state index in [0.29, 0.717) is 35.8 Å². The van der Waals surface area contributed by atoms with Crippen LogP contribution in [0.1, 0.15) is 15.9 Å². The quantitative estimate of drug-likeness (QED) is 0.520. The van der Waals surface area contributed by atoms with Gasteiger partial charge in [-0.15, -0.1) is 0 Å². The predicted molar refractivity (Wildman–Crippen MR) is 116 cm³/mol. The summed E-state index contributed by atoms with van der Waals surface area (Å²) in [5.41, 5.74) is 6.19.